The molecule has 0 bridgehead atoms. The Morgan fingerprint density at radius 2 is 1.74 bits per heavy atom. The van der Waals surface area contributed by atoms with Gasteiger partial charge in [0.05, 0.1) is 0 Å². The molecule has 19 heavy (non-hydrogen) atoms. The molecule has 2 aromatic rings. The first-order valence-corrected chi connectivity index (χ1v) is 5.65. The van der Waals surface area contributed by atoms with Crippen molar-refractivity contribution in [2.45, 2.75) is 13.8 Å². The summed E-state index contributed by atoms with van der Waals surface area (Å²) in [5.74, 6) is 0.584. The Kier molecular flexibility index (Phi) is 5.54. The molecule has 0 aromatic heterocycles. The molecule has 0 aliphatic carbocycles. The van der Waals surface area contributed by atoms with Crippen LogP contribution in [0.15, 0.2) is 42.5 Å². The Morgan fingerprint density at radius 3 is 2.32 bits per heavy atom. The van der Waals surface area contributed by atoms with Gasteiger partial charge in [-0.05, 0) is 49.2 Å². The second kappa shape index (κ2) is 7.16. The summed E-state index contributed by atoms with van der Waals surface area (Å²) < 4.78 is 19.0. The molecule has 2 rings (SSSR count). The van der Waals surface area contributed by atoms with Crippen LogP contribution in [0.25, 0.3) is 0 Å². The fraction of sp³-hybridized carbons (Fsp3) is 0.133. The predicted octanol–water partition coefficient (Wildman–Crippen LogP) is 3.94. The van der Waals surface area contributed by atoms with E-state index in [4.69, 9.17) is 14.6 Å². The van der Waals surface area contributed by atoms with Gasteiger partial charge in [-0.15, -0.1) is 0 Å². The minimum absolute atomic E-state index is 0.250. The zero-order valence-corrected chi connectivity index (χ0v) is 10.8. The molecule has 0 atom stereocenters. The van der Waals surface area contributed by atoms with Crippen molar-refractivity contribution in [3.8, 4) is 11.5 Å². The first-order chi connectivity index (χ1) is 9.06. The maximum Gasteiger partial charge on any atom is 0.290 e. The smallest absolute Gasteiger partial charge is 0.290 e. The van der Waals surface area contributed by atoms with Crippen molar-refractivity contribution in [3.63, 3.8) is 0 Å². The molecular weight excluding hydrogens is 247 g/mol. The molecule has 0 aliphatic rings. The van der Waals surface area contributed by atoms with E-state index in [0.717, 1.165) is 11.1 Å². The highest BCUT2D eigenvalue weighted by Gasteiger charge is 2.04. The number of benzene rings is 2. The van der Waals surface area contributed by atoms with Crippen molar-refractivity contribution < 1.29 is 19.0 Å². The second-order valence-corrected chi connectivity index (χ2v) is 3.96. The molecule has 0 amide bonds. The topological polar surface area (TPSA) is 46.5 Å². The Bertz CT molecular complexity index is 553. The maximum absolute atomic E-state index is 13.5. The quantitative estimate of drug-likeness (QED) is 0.834. The molecule has 1 N–H and O–H groups in total. The van der Waals surface area contributed by atoms with Crippen molar-refractivity contribution in [3.05, 3.63) is 59.4 Å². The third kappa shape index (κ3) is 4.79. The summed E-state index contributed by atoms with van der Waals surface area (Å²) in [7, 11) is 0. The molecule has 4 heteroatoms. The van der Waals surface area contributed by atoms with E-state index in [2.05, 4.69) is 0 Å². The number of ether oxygens (including phenoxy) is 1. The molecule has 0 aliphatic heterocycles. The van der Waals surface area contributed by atoms with Gasteiger partial charge >= 0.3 is 0 Å². The van der Waals surface area contributed by atoms with Crippen LogP contribution in [0, 0.1) is 19.7 Å². The summed E-state index contributed by atoms with van der Waals surface area (Å²) in [4.78, 5) is 8.36. The Morgan fingerprint density at radius 1 is 1.11 bits per heavy atom. The summed E-state index contributed by atoms with van der Waals surface area (Å²) in [6, 6.07) is 12.5. The Hall–Kier alpha value is -2.36. The summed E-state index contributed by atoms with van der Waals surface area (Å²) >= 11 is 0. The van der Waals surface area contributed by atoms with Crippen LogP contribution < -0.4 is 4.74 Å². The van der Waals surface area contributed by atoms with Gasteiger partial charge in [0.1, 0.15) is 5.75 Å². The Labute approximate surface area is 111 Å². The third-order valence-corrected chi connectivity index (χ3v) is 2.30. The molecule has 0 radical (unpaired) electrons. The molecule has 0 unspecified atom stereocenters. The summed E-state index contributed by atoms with van der Waals surface area (Å²) in [5.41, 5.74) is 1.97. The third-order valence-electron chi connectivity index (χ3n) is 2.30. The van der Waals surface area contributed by atoms with Gasteiger partial charge in [-0.3, -0.25) is 4.79 Å². The van der Waals surface area contributed by atoms with Gasteiger partial charge in [0.25, 0.3) is 6.47 Å². The van der Waals surface area contributed by atoms with Gasteiger partial charge in [-0.2, -0.15) is 0 Å². The van der Waals surface area contributed by atoms with E-state index in [-0.39, 0.29) is 18.0 Å². The number of halogens is 1. The van der Waals surface area contributed by atoms with E-state index in [1.165, 1.54) is 6.07 Å². The van der Waals surface area contributed by atoms with Gasteiger partial charge in [-0.1, -0.05) is 18.2 Å². The van der Waals surface area contributed by atoms with Crippen LogP contribution in [0.2, 0.25) is 0 Å². The Balaban J connectivity index is 0.000000550. The number of hydrogen-bond acceptors (Lipinski definition) is 2. The molecule has 2 aromatic carbocycles. The van der Waals surface area contributed by atoms with Crippen molar-refractivity contribution in [2.75, 3.05) is 0 Å². The van der Waals surface area contributed by atoms with Crippen molar-refractivity contribution in [1.29, 1.82) is 0 Å². The van der Waals surface area contributed by atoms with E-state index >= 15 is 0 Å². The first-order valence-electron chi connectivity index (χ1n) is 5.65. The van der Waals surface area contributed by atoms with Crippen LogP contribution in [0.1, 0.15) is 11.1 Å². The van der Waals surface area contributed by atoms with Gasteiger partial charge in [-0.25, -0.2) is 4.39 Å². The van der Waals surface area contributed by atoms with Crippen molar-refractivity contribution >= 4 is 6.47 Å². The van der Waals surface area contributed by atoms with Gasteiger partial charge in [0.15, 0.2) is 11.6 Å². The van der Waals surface area contributed by atoms with Crippen LogP contribution in [0.3, 0.4) is 0 Å². The minimum Gasteiger partial charge on any atom is -0.483 e. The zero-order chi connectivity index (χ0) is 14.3. The molecule has 100 valence electrons. The van der Waals surface area contributed by atoms with Gasteiger partial charge < -0.3 is 9.84 Å². The molecule has 3 nitrogen and oxygen atoms in total. The fourth-order valence-electron chi connectivity index (χ4n) is 1.49. The van der Waals surface area contributed by atoms with E-state index < -0.39 is 0 Å². The monoisotopic (exact) mass is 262 g/mol. The fourth-order valence-corrected chi connectivity index (χ4v) is 1.49. The molecule has 0 saturated carbocycles. The van der Waals surface area contributed by atoms with Crippen LogP contribution in [-0.2, 0) is 4.79 Å². The molecule has 0 spiro atoms. The highest BCUT2D eigenvalue weighted by Crippen LogP contribution is 2.25. The van der Waals surface area contributed by atoms with Crippen LogP contribution in [0.4, 0.5) is 4.39 Å². The summed E-state index contributed by atoms with van der Waals surface area (Å²) in [5, 5.41) is 6.89. The van der Waals surface area contributed by atoms with E-state index in [1.54, 1.807) is 6.07 Å². The second-order valence-electron chi connectivity index (χ2n) is 3.96. The lowest BCUT2D eigenvalue weighted by molar-refractivity contribution is -0.122. The molecule has 0 heterocycles. The number of aryl methyl sites for hydroxylation is 2. The van der Waals surface area contributed by atoms with Crippen molar-refractivity contribution in [1.82, 2.24) is 0 Å². The maximum atomic E-state index is 13.5. The lowest BCUT2D eigenvalue weighted by Crippen LogP contribution is -1.89. The minimum atomic E-state index is -0.332. The van der Waals surface area contributed by atoms with Gasteiger partial charge in [0, 0.05) is 0 Å². The normalized spacial score (nSPS) is 9.21. The average molecular weight is 262 g/mol. The number of carboxylic acid groups (broad SMARTS) is 1. The molecule has 0 saturated heterocycles. The highest BCUT2D eigenvalue weighted by molar-refractivity contribution is 5.35. The van der Waals surface area contributed by atoms with E-state index in [0.29, 0.717) is 5.75 Å². The van der Waals surface area contributed by atoms with E-state index in [1.807, 2.05) is 44.2 Å². The van der Waals surface area contributed by atoms with Crippen molar-refractivity contribution in [2.24, 2.45) is 0 Å². The lowest BCUT2D eigenvalue weighted by atomic mass is 10.2. The number of rotatable bonds is 2. The van der Waals surface area contributed by atoms with Crippen LogP contribution in [-0.4, -0.2) is 11.6 Å². The highest BCUT2D eigenvalue weighted by atomic mass is 19.1. The summed E-state index contributed by atoms with van der Waals surface area (Å²) in [6.07, 6.45) is 0. The predicted molar refractivity (Wildman–Crippen MR) is 71.1 cm³/mol. The lowest BCUT2D eigenvalue weighted by Gasteiger charge is -2.07. The number of carbonyl (C=O) groups is 1. The van der Waals surface area contributed by atoms with Crippen LogP contribution >= 0.6 is 0 Å². The van der Waals surface area contributed by atoms with Gasteiger partial charge in [0.2, 0.25) is 0 Å². The van der Waals surface area contributed by atoms with Crippen LogP contribution in [0.5, 0.6) is 11.5 Å². The largest absolute Gasteiger partial charge is 0.483 e. The molecular formula is C15H15FO3. The standard InChI is InChI=1S/C14H13FO.CH2O2/c1-10-4-3-5-12(8-10)16-14-7-6-11(2)9-13(14)15;2-1-3/h3-9H,1-2H3;1H,(H,2,3). The number of hydrogen-bond donors (Lipinski definition) is 1. The summed E-state index contributed by atoms with van der Waals surface area (Å²) in [6.45, 7) is 3.57. The SMILES string of the molecule is Cc1cccc(Oc2ccc(C)cc2F)c1.O=CO. The molecule has 0 fully saturated rings. The van der Waals surface area contributed by atoms with E-state index in [9.17, 15) is 4.39 Å². The first kappa shape index (κ1) is 14.7. The zero-order valence-electron chi connectivity index (χ0n) is 10.8. The average Bonchev–Trinajstić information content (AvgIpc) is 2.34.